The normalized spacial score (nSPS) is 18.4. The Morgan fingerprint density at radius 3 is 2.41 bits per heavy atom. The van der Waals surface area contributed by atoms with E-state index in [0.29, 0.717) is 11.6 Å². The van der Waals surface area contributed by atoms with Crippen molar-refractivity contribution in [2.24, 2.45) is 0 Å². The molecule has 0 spiro atoms. The second-order valence-electron chi connectivity index (χ2n) is 6.29. The second-order valence-corrected chi connectivity index (χ2v) is 7.20. The van der Waals surface area contributed by atoms with E-state index in [0.717, 1.165) is 21.5 Å². The standard InChI is InChI=1S/C21H12BrF2NO4/c22-12-5-3-11(4-6-12)19(26)17-18(16-2-1-9-29-16)25(21(28)20(17)27)15-8-7-13(23)10-14(15)24/h1-10,18,26H/b19-17-. The maximum absolute atomic E-state index is 14.5. The molecule has 5 nitrogen and oxygen atoms in total. The van der Waals surface area contributed by atoms with E-state index in [-0.39, 0.29) is 17.0 Å². The van der Waals surface area contributed by atoms with Gasteiger partial charge in [-0.15, -0.1) is 0 Å². The van der Waals surface area contributed by atoms with E-state index < -0.39 is 35.1 Å². The number of furan rings is 1. The Morgan fingerprint density at radius 2 is 1.79 bits per heavy atom. The molecule has 4 rings (SSSR count). The number of rotatable bonds is 3. The lowest BCUT2D eigenvalue weighted by Crippen LogP contribution is -2.30. The third kappa shape index (κ3) is 3.25. The highest BCUT2D eigenvalue weighted by molar-refractivity contribution is 9.10. The van der Waals surface area contributed by atoms with Crippen LogP contribution >= 0.6 is 15.9 Å². The van der Waals surface area contributed by atoms with E-state index in [4.69, 9.17) is 4.42 Å². The van der Waals surface area contributed by atoms with Crippen LogP contribution in [0.25, 0.3) is 5.76 Å². The summed E-state index contributed by atoms with van der Waals surface area (Å²) in [4.78, 5) is 26.4. The average molecular weight is 460 g/mol. The van der Waals surface area contributed by atoms with Gasteiger partial charge in [0.15, 0.2) is 0 Å². The summed E-state index contributed by atoms with van der Waals surface area (Å²) < 4.78 is 33.9. The molecule has 1 aromatic heterocycles. The molecule has 0 aliphatic carbocycles. The van der Waals surface area contributed by atoms with Crippen LogP contribution in [0.4, 0.5) is 14.5 Å². The van der Waals surface area contributed by atoms with Gasteiger partial charge in [-0.25, -0.2) is 8.78 Å². The van der Waals surface area contributed by atoms with Gasteiger partial charge in [-0.2, -0.15) is 0 Å². The van der Waals surface area contributed by atoms with E-state index in [1.54, 1.807) is 24.3 Å². The van der Waals surface area contributed by atoms with Gasteiger partial charge in [0.05, 0.1) is 17.5 Å². The van der Waals surface area contributed by atoms with Crippen molar-refractivity contribution in [2.45, 2.75) is 6.04 Å². The van der Waals surface area contributed by atoms with Crippen molar-refractivity contribution in [1.29, 1.82) is 0 Å². The maximum atomic E-state index is 14.5. The minimum atomic E-state index is -1.21. The topological polar surface area (TPSA) is 70.8 Å². The van der Waals surface area contributed by atoms with Crippen molar-refractivity contribution in [2.75, 3.05) is 4.90 Å². The van der Waals surface area contributed by atoms with Gasteiger partial charge in [-0.3, -0.25) is 14.5 Å². The van der Waals surface area contributed by atoms with Gasteiger partial charge < -0.3 is 9.52 Å². The number of nitrogens with zero attached hydrogens (tertiary/aromatic N) is 1. The number of anilines is 1. The minimum absolute atomic E-state index is 0.145. The van der Waals surface area contributed by atoms with E-state index in [1.165, 1.54) is 18.4 Å². The lowest BCUT2D eigenvalue weighted by atomic mass is 9.99. The lowest BCUT2D eigenvalue weighted by Gasteiger charge is -2.23. The Balaban J connectivity index is 1.94. The van der Waals surface area contributed by atoms with Crippen LogP contribution in [0.15, 0.2) is 75.3 Å². The number of aliphatic hydroxyl groups excluding tert-OH is 1. The first-order valence-electron chi connectivity index (χ1n) is 8.44. The molecule has 1 aliphatic heterocycles. The predicted molar refractivity (Wildman–Crippen MR) is 104 cm³/mol. The van der Waals surface area contributed by atoms with Crippen molar-refractivity contribution < 1.29 is 27.9 Å². The van der Waals surface area contributed by atoms with E-state index in [1.807, 2.05) is 0 Å². The zero-order valence-corrected chi connectivity index (χ0v) is 16.2. The number of halogens is 3. The summed E-state index contributed by atoms with van der Waals surface area (Å²) in [6.07, 6.45) is 1.33. The van der Waals surface area contributed by atoms with Crippen molar-refractivity contribution in [1.82, 2.24) is 0 Å². The SMILES string of the molecule is O=C1C(=O)N(c2ccc(F)cc2F)C(c2ccco2)/C1=C(/O)c1ccc(Br)cc1. The summed E-state index contributed by atoms with van der Waals surface area (Å²) in [6.45, 7) is 0. The van der Waals surface area contributed by atoms with Gasteiger partial charge in [0.25, 0.3) is 11.7 Å². The van der Waals surface area contributed by atoms with Gasteiger partial charge >= 0.3 is 0 Å². The van der Waals surface area contributed by atoms with Crippen LogP contribution in [0.2, 0.25) is 0 Å². The van der Waals surface area contributed by atoms with Gasteiger partial charge in [0, 0.05) is 16.1 Å². The Bertz CT molecular complexity index is 1140. The van der Waals surface area contributed by atoms with Crippen LogP contribution < -0.4 is 4.90 Å². The third-order valence-corrected chi connectivity index (χ3v) is 5.07. The van der Waals surface area contributed by atoms with E-state index >= 15 is 0 Å². The van der Waals surface area contributed by atoms with Crippen molar-refractivity contribution in [3.8, 4) is 0 Å². The molecule has 1 amide bonds. The summed E-state index contributed by atoms with van der Waals surface area (Å²) in [5.74, 6) is -4.20. The average Bonchev–Trinajstić information content (AvgIpc) is 3.30. The molecular formula is C21H12BrF2NO4. The second kappa shape index (κ2) is 7.29. The Hall–Kier alpha value is -3.26. The van der Waals surface area contributed by atoms with Crippen molar-refractivity contribution in [3.05, 3.63) is 93.9 Å². The molecule has 1 atom stereocenters. The number of aliphatic hydroxyl groups is 1. The van der Waals surface area contributed by atoms with Gasteiger partial charge in [-0.05, 0) is 36.4 Å². The van der Waals surface area contributed by atoms with Gasteiger partial charge in [0.2, 0.25) is 0 Å². The highest BCUT2D eigenvalue weighted by Crippen LogP contribution is 2.43. The Morgan fingerprint density at radius 1 is 1.07 bits per heavy atom. The van der Waals surface area contributed by atoms with E-state index in [2.05, 4.69) is 15.9 Å². The first kappa shape index (κ1) is 19.1. The Kier molecular flexibility index (Phi) is 4.79. The van der Waals surface area contributed by atoms with E-state index in [9.17, 15) is 23.5 Å². The molecule has 1 saturated heterocycles. The third-order valence-electron chi connectivity index (χ3n) is 4.54. The monoisotopic (exact) mass is 459 g/mol. The molecule has 1 N–H and O–H groups in total. The van der Waals surface area contributed by atoms with Crippen LogP contribution in [-0.2, 0) is 9.59 Å². The highest BCUT2D eigenvalue weighted by Gasteiger charge is 2.49. The zero-order chi connectivity index (χ0) is 20.7. The molecule has 29 heavy (non-hydrogen) atoms. The number of amides is 1. The lowest BCUT2D eigenvalue weighted by molar-refractivity contribution is -0.132. The first-order chi connectivity index (χ1) is 13.9. The number of hydrogen-bond acceptors (Lipinski definition) is 4. The number of carbonyl (C=O) groups excluding carboxylic acids is 2. The maximum Gasteiger partial charge on any atom is 0.300 e. The fourth-order valence-corrected chi connectivity index (χ4v) is 3.50. The molecule has 146 valence electrons. The summed E-state index contributed by atoms with van der Waals surface area (Å²) >= 11 is 3.28. The number of carbonyl (C=O) groups is 2. The Labute approximate surface area is 172 Å². The van der Waals surface area contributed by atoms with Crippen LogP contribution in [0, 0.1) is 11.6 Å². The molecular weight excluding hydrogens is 448 g/mol. The summed E-state index contributed by atoms with van der Waals surface area (Å²) in [5, 5.41) is 10.8. The van der Waals surface area contributed by atoms with Crippen molar-refractivity contribution in [3.63, 3.8) is 0 Å². The number of Topliss-reactive ketones (excluding diaryl/α,β-unsaturated/α-hetero) is 1. The van der Waals surface area contributed by atoms with Gasteiger partial charge in [0.1, 0.15) is 29.2 Å². The zero-order valence-electron chi connectivity index (χ0n) is 14.6. The van der Waals surface area contributed by atoms with Crippen LogP contribution in [-0.4, -0.2) is 16.8 Å². The van der Waals surface area contributed by atoms with Crippen LogP contribution in [0.1, 0.15) is 17.4 Å². The predicted octanol–water partition coefficient (Wildman–Crippen LogP) is 4.95. The fourth-order valence-electron chi connectivity index (χ4n) is 3.24. The molecule has 2 aromatic carbocycles. The molecule has 8 heteroatoms. The van der Waals surface area contributed by atoms with Crippen molar-refractivity contribution >= 4 is 39.1 Å². The van der Waals surface area contributed by atoms with Crippen LogP contribution in [0.5, 0.6) is 0 Å². The molecule has 1 aliphatic rings. The molecule has 3 aromatic rings. The molecule has 0 saturated carbocycles. The van der Waals surface area contributed by atoms with Gasteiger partial charge in [-0.1, -0.05) is 28.1 Å². The summed E-state index contributed by atoms with van der Waals surface area (Å²) in [5.41, 5.74) is -0.261. The fraction of sp³-hybridized carbons (Fsp3) is 0.0476. The molecule has 0 radical (unpaired) electrons. The molecule has 1 unspecified atom stereocenters. The molecule has 1 fully saturated rings. The van der Waals surface area contributed by atoms with Crippen LogP contribution in [0.3, 0.4) is 0 Å². The highest BCUT2D eigenvalue weighted by atomic mass is 79.9. The number of ketones is 1. The first-order valence-corrected chi connectivity index (χ1v) is 9.23. The molecule has 0 bridgehead atoms. The minimum Gasteiger partial charge on any atom is -0.507 e. The smallest absolute Gasteiger partial charge is 0.300 e. The summed E-state index contributed by atoms with van der Waals surface area (Å²) in [6, 6.07) is 10.9. The summed E-state index contributed by atoms with van der Waals surface area (Å²) in [7, 11) is 0. The number of benzene rings is 2. The molecule has 2 heterocycles. The largest absolute Gasteiger partial charge is 0.507 e. The number of hydrogen-bond donors (Lipinski definition) is 1. The quantitative estimate of drug-likeness (QED) is 0.341.